The number of ether oxygens (including phenoxy) is 1. The van der Waals surface area contributed by atoms with Crippen LogP contribution in [0, 0.1) is 0 Å². The summed E-state index contributed by atoms with van der Waals surface area (Å²) in [5, 5.41) is 5.63. The average molecular weight is 471 g/mol. The van der Waals surface area contributed by atoms with E-state index in [2.05, 4.69) is 33.5 Å². The zero-order valence-electron chi connectivity index (χ0n) is 16.6. The third-order valence-corrected chi connectivity index (χ3v) is 4.86. The standard InChI is InChI=1S/C23H23BrN2O4/c1-2-3-12-30-21-11-10-16(24)14-19(21)23(28)26-20-9-5-4-8-18(20)22(27)25-15-17-7-6-13-29-17/h4-11,13-14H,2-3,12,15H2,1H3,(H,25,27)(H,26,28). The minimum atomic E-state index is -0.353. The lowest BCUT2D eigenvalue weighted by molar-refractivity contribution is 0.0949. The highest BCUT2D eigenvalue weighted by Crippen LogP contribution is 2.25. The normalized spacial score (nSPS) is 10.5. The van der Waals surface area contributed by atoms with Gasteiger partial charge in [0, 0.05) is 4.47 Å². The zero-order valence-corrected chi connectivity index (χ0v) is 18.2. The summed E-state index contributed by atoms with van der Waals surface area (Å²) >= 11 is 3.40. The number of hydrogen-bond donors (Lipinski definition) is 2. The highest BCUT2D eigenvalue weighted by Gasteiger charge is 2.17. The van der Waals surface area contributed by atoms with Crippen LogP contribution >= 0.6 is 15.9 Å². The molecular weight excluding hydrogens is 448 g/mol. The van der Waals surface area contributed by atoms with Crippen LogP contribution in [0.25, 0.3) is 0 Å². The monoisotopic (exact) mass is 470 g/mol. The Hall–Kier alpha value is -3.06. The first kappa shape index (κ1) is 21.6. The van der Waals surface area contributed by atoms with E-state index in [1.165, 1.54) is 0 Å². The minimum absolute atomic E-state index is 0.259. The molecule has 156 valence electrons. The lowest BCUT2D eigenvalue weighted by Gasteiger charge is -2.14. The van der Waals surface area contributed by atoms with Gasteiger partial charge >= 0.3 is 0 Å². The fraction of sp³-hybridized carbons (Fsp3) is 0.217. The second-order valence-corrected chi connectivity index (χ2v) is 7.52. The second-order valence-electron chi connectivity index (χ2n) is 6.60. The molecule has 2 N–H and O–H groups in total. The molecule has 1 heterocycles. The van der Waals surface area contributed by atoms with Crippen molar-refractivity contribution in [2.45, 2.75) is 26.3 Å². The maximum Gasteiger partial charge on any atom is 0.259 e. The molecule has 3 aromatic rings. The molecule has 30 heavy (non-hydrogen) atoms. The number of carbonyl (C=O) groups excluding carboxylic acids is 2. The van der Waals surface area contributed by atoms with E-state index in [4.69, 9.17) is 9.15 Å². The number of rotatable bonds is 9. The van der Waals surface area contributed by atoms with Gasteiger partial charge in [-0.05, 0) is 48.9 Å². The molecule has 0 spiro atoms. The highest BCUT2D eigenvalue weighted by molar-refractivity contribution is 9.10. The molecule has 0 unspecified atom stereocenters. The predicted molar refractivity (Wildman–Crippen MR) is 119 cm³/mol. The SMILES string of the molecule is CCCCOc1ccc(Br)cc1C(=O)Nc1ccccc1C(=O)NCc1ccco1. The van der Waals surface area contributed by atoms with Crippen LogP contribution in [0.2, 0.25) is 0 Å². The summed E-state index contributed by atoms with van der Waals surface area (Å²) in [6, 6.07) is 15.7. The maximum absolute atomic E-state index is 13.0. The predicted octanol–water partition coefficient (Wildman–Crippen LogP) is 5.40. The molecule has 0 radical (unpaired) electrons. The fourth-order valence-corrected chi connectivity index (χ4v) is 3.15. The van der Waals surface area contributed by atoms with Crippen molar-refractivity contribution in [3.63, 3.8) is 0 Å². The molecule has 6 nitrogen and oxygen atoms in total. The van der Waals surface area contributed by atoms with Gasteiger partial charge in [-0.25, -0.2) is 0 Å². The number of anilines is 1. The van der Waals surface area contributed by atoms with Gasteiger partial charge in [0.2, 0.25) is 0 Å². The Morgan fingerprint density at radius 2 is 1.87 bits per heavy atom. The lowest BCUT2D eigenvalue weighted by Crippen LogP contribution is -2.24. The quantitative estimate of drug-likeness (QED) is 0.410. The van der Waals surface area contributed by atoms with E-state index in [9.17, 15) is 9.59 Å². The van der Waals surface area contributed by atoms with Gasteiger partial charge in [0.25, 0.3) is 11.8 Å². The van der Waals surface area contributed by atoms with Crippen molar-refractivity contribution in [1.82, 2.24) is 5.32 Å². The molecule has 1 aromatic heterocycles. The van der Waals surface area contributed by atoms with E-state index < -0.39 is 0 Å². The van der Waals surface area contributed by atoms with Crippen molar-refractivity contribution in [3.05, 3.63) is 82.2 Å². The van der Waals surface area contributed by atoms with E-state index in [-0.39, 0.29) is 18.4 Å². The molecule has 0 atom stereocenters. The largest absolute Gasteiger partial charge is 0.493 e. The zero-order chi connectivity index (χ0) is 21.3. The van der Waals surface area contributed by atoms with Gasteiger partial charge in [-0.2, -0.15) is 0 Å². The van der Waals surface area contributed by atoms with Gasteiger partial charge in [0.15, 0.2) is 0 Å². The molecule has 3 rings (SSSR count). The van der Waals surface area contributed by atoms with E-state index in [0.717, 1.165) is 17.3 Å². The molecule has 0 bridgehead atoms. The van der Waals surface area contributed by atoms with Crippen LogP contribution in [-0.4, -0.2) is 18.4 Å². The van der Waals surface area contributed by atoms with Crippen LogP contribution in [0.15, 0.2) is 69.8 Å². The number of carbonyl (C=O) groups is 2. The number of benzene rings is 2. The number of hydrogen-bond acceptors (Lipinski definition) is 4. The topological polar surface area (TPSA) is 80.6 Å². The van der Waals surface area contributed by atoms with E-state index in [0.29, 0.717) is 34.9 Å². The summed E-state index contributed by atoms with van der Waals surface area (Å²) in [4.78, 5) is 25.6. The number of halogens is 1. The third-order valence-electron chi connectivity index (χ3n) is 4.36. The number of furan rings is 1. The molecule has 2 aromatic carbocycles. The molecule has 7 heteroatoms. The number of nitrogens with one attached hydrogen (secondary N) is 2. The van der Waals surface area contributed by atoms with Gasteiger partial charge in [0.1, 0.15) is 11.5 Å². The van der Waals surface area contributed by atoms with Gasteiger partial charge in [-0.15, -0.1) is 0 Å². The summed E-state index contributed by atoms with van der Waals surface area (Å²) in [6.07, 6.45) is 3.45. The van der Waals surface area contributed by atoms with Crippen molar-refractivity contribution in [2.24, 2.45) is 0 Å². The van der Waals surface area contributed by atoms with Crippen molar-refractivity contribution >= 4 is 33.4 Å². The molecule has 0 fully saturated rings. The first-order chi connectivity index (χ1) is 14.6. The summed E-state index contributed by atoms with van der Waals surface area (Å²) in [7, 11) is 0. The number of amides is 2. The Balaban J connectivity index is 1.76. The van der Waals surface area contributed by atoms with Gasteiger partial charge in [0.05, 0.1) is 36.2 Å². The fourth-order valence-electron chi connectivity index (χ4n) is 2.79. The highest BCUT2D eigenvalue weighted by atomic mass is 79.9. The lowest BCUT2D eigenvalue weighted by atomic mass is 10.1. The molecule has 0 saturated carbocycles. The molecule has 0 aliphatic heterocycles. The van der Waals surface area contributed by atoms with Crippen molar-refractivity contribution in [3.8, 4) is 5.75 Å². The van der Waals surface area contributed by atoms with Crippen LogP contribution in [0.5, 0.6) is 5.75 Å². The van der Waals surface area contributed by atoms with Crippen molar-refractivity contribution < 1.29 is 18.7 Å². The molecule has 0 aliphatic rings. The van der Waals surface area contributed by atoms with Crippen molar-refractivity contribution in [1.29, 1.82) is 0 Å². The van der Waals surface area contributed by atoms with Crippen LogP contribution in [0.3, 0.4) is 0 Å². The maximum atomic E-state index is 13.0. The van der Waals surface area contributed by atoms with E-state index >= 15 is 0 Å². The van der Waals surface area contributed by atoms with Crippen LogP contribution in [-0.2, 0) is 6.54 Å². The summed E-state index contributed by atoms with van der Waals surface area (Å²) in [5.41, 5.74) is 1.17. The van der Waals surface area contributed by atoms with Crippen LogP contribution in [0.1, 0.15) is 46.2 Å². The van der Waals surface area contributed by atoms with Crippen molar-refractivity contribution in [2.75, 3.05) is 11.9 Å². The Kier molecular flexibility index (Phi) is 7.68. The summed E-state index contributed by atoms with van der Waals surface area (Å²) < 4.78 is 11.8. The molecule has 0 aliphatic carbocycles. The Morgan fingerprint density at radius 3 is 2.63 bits per heavy atom. The summed E-state index contributed by atoms with van der Waals surface area (Å²) in [5.74, 6) is 0.488. The van der Waals surface area contributed by atoms with Gasteiger partial charge in [-0.1, -0.05) is 41.4 Å². The Morgan fingerprint density at radius 1 is 1.03 bits per heavy atom. The summed E-state index contributed by atoms with van der Waals surface area (Å²) in [6.45, 7) is 2.87. The smallest absolute Gasteiger partial charge is 0.259 e. The Labute approximate surface area is 183 Å². The Bertz CT molecular complexity index is 1000. The third kappa shape index (κ3) is 5.73. The first-order valence-corrected chi connectivity index (χ1v) is 10.5. The first-order valence-electron chi connectivity index (χ1n) is 9.71. The number of para-hydroxylation sites is 1. The van der Waals surface area contributed by atoms with Gasteiger partial charge < -0.3 is 19.8 Å². The molecule has 2 amide bonds. The van der Waals surface area contributed by atoms with E-state index in [1.807, 2.05) is 6.07 Å². The minimum Gasteiger partial charge on any atom is -0.493 e. The van der Waals surface area contributed by atoms with Crippen LogP contribution in [0.4, 0.5) is 5.69 Å². The van der Waals surface area contributed by atoms with Crippen LogP contribution < -0.4 is 15.4 Å². The molecular formula is C23H23BrN2O4. The van der Waals surface area contributed by atoms with Gasteiger partial charge in [-0.3, -0.25) is 9.59 Å². The average Bonchev–Trinajstić information content (AvgIpc) is 3.27. The molecule has 0 saturated heterocycles. The second kappa shape index (κ2) is 10.6. The van der Waals surface area contributed by atoms with E-state index in [1.54, 1.807) is 54.8 Å². The number of unbranched alkanes of at least 4 members (excludes halogenated alkanes) is 1.